The predicted octanol–water partition coefficient (Wildman–Crippen LogP) is 5.26. The summed E-state index contributed by atoms with van der Waals surface area (Å²) >= 11 is 2.22. The van der Waals surface area contributed by atoms with Crippen molar-refractivity contribution in [3.8, 4) is 11.5 Å². The second-order valence-electron chi connectivity index (χ2n) is 7.55. The van der Waals surface area contributed by atoms with Crippen molar-refractivity contribution in [1.29, 1.82) is 0 Å². The fraction of sp³-hybridized carbons (Fsp3) is 0.333. The van der Waals surface area contributed by atoms with Gasteiger partial charge in [0, 0.05) is 25.1 Å². The molecule has 6 nitrogen and oxygen atoms in total. The molecule has 0 atom stereocenters. The molecule has 3 rings (SSSR count). The number of carbonyl (C=O) groups is 2. The van der Waals surface area contributed by atoms with Crippen LogP contribution in [-0.4, -0.2) is 37.4 Å². The minimum Gasteiger partial charge on any atom is -0.481 e. The van der Waals surface area contributed by atoms with E-state index in [4.69, 9.17) is 18.9 Å². The van der Waals surface area contributed by atoms with E-state index in [1.807, 2.05) is 42.5 Å². The fourth-order valence-electron chi connectivity index (χ4n) is 3.24. The molecule has 0 aliphatic carbocycles. The molecule has 0 aromatic heterocycles. The topological polar surface area (TPSA) is 71.1 Å². The van der Waals surface area contributed by atoms with Crippen molar-refractivity contribution in [3.63, 3.8) is 0 Å². The Labute approximate surface area is 194 Å². The quantitative estimate of drug-likeness (QED) is 0.222. The highest BCUT2D eigenvalue weighted by Crippen LogP contribution is 2.43. The third-order valence-corrected chi connectivity index (χ3v) is 4.96. The van der Waals surface area contributed by atoms with Gasteiger partial charge in [0.15, 0.2) is 13.2 Å². The Morgan fingerprint density at radius 2 is 1.19 bits per heavy atom. The van der Waals surface area contributed by atoms with E-state index >= 15 is 0 Å². The summed E-state index contributed by atoms with van der Waals surface area (Å²) in [5.74, 6) is 0.269. The van der Waals surface area contributed by atoms with Gasteiger partial charge in [-0.15, -0.1) is 0 Å². The van der Waals surface area contributed by atoms with E-state index in [0.29, 0.717) is 11.5 Å². The molecule has 0 amide bonds. The van der Waals surface area contributed by atoms with E-state index < -0.39 is 11.9 Å². The van der Waals surface area contributed by atoms with Gasteiger partial charge in [0.05, 0.1) is 12.2 Å². The number of esters is 2. The van der Waals surface area contributed by atoms with Crippen molar-refractivity contribution in [2.45, 2.75) is 39.9 Å². The summed E-state index contributed by atoms with van der Waals surface area (Å²) in [4.78, 5) is 24.1. The normalized spacial score (nSPS) is 11.2. The van der Waals surface area contributed by atoms with E-state index in [0.717, 1.165) is 25.1 Å². The lowest BCUT2D eigenvalue weighted by Gasteiger charge is -2.18. The van der Waals surface area contributed by atoms with Crippen molar-refractivity contribution in [2.75, 3.05) is 13.2 Å². The number of fused-ring (bicyclic) bond motifs is 2. The molecule has 0 N–H and O–H groups in total. The molecule has 0 radical (unpaired) electrons. The molecule has 0 aliphatic rings. The Morgan fingerprint density at radius 1 is 0.742 bits per heavy atom. The second-order valence-corrected chi connectivity index (χ2v) is 8.79. The standard InChI is InChI=1S/C24H25IO6/c1-14(2)30-21(26)12-28-23-17-7-5-6-8-18(17)24(29-13-22(27)31-15(3)4)20-11-16(25)9-10-19(20)23/h5-11,14-15H,12-13H2,1-4H3. The van der Waals surface area contributed by atoms with Crippen LogP contribution in [0.5, 0.6) is 11.5 Å². The molecule has 7 heteroatoms. The van der Waals surface area contributed by atoms with Crippen molar-refractivity contribution in [1.82, 2.24) is 0 Å². The Bertz CT molecular complexity index is 1110. The van der Waals surface area contributed by atoms with E-state index in [9.17, 15) is 9.59 Å². The number of carbonyl (C=O) groups excluding carboxylic acids is 2. The number of hydrogen-bond acceptors (Lipinski definition) is 6. The third kappa shape index (κ3) is 5.78. The lowest BCUT2D eigenvalue weighted by molar-refractivity contribution is -0.150. The van der Waals surface area contributed by atoms with Gasteiger partial charge in [-0.3, -0.25) is 0 Å². The first-order chi connectivity index (χ1) is 14.8. The zero-order valence-corrected chi connectivity index (χ0v) is 20.1. The van der Waals surface area contributed by atoms with Gasteiger partial charge in [0.2, 0.25) is 0 Å². The molecular weight excluding hydrogens is 511 g/mol. The van der Waals surface area contributed by atoms with Gasteiger partial charge < -0.3 is 18.9 Å². The van der Waals surface area contributed by atoms with Crippen LogP contribution in [-0.2, 0) is 19.1 Å². The highest BCUT2D eigenvalue weighted by molar-refractivity contribution is 14.1. The molecule has 0 aliphatic heterocycles. The summed E-state index contributed by atoms with van der Waals surface area (Å²) in [6.07, 6.45) is -0.431. The van der Waals surface area contributed by atoms with Gasteiger partial charge in [-0.2, -0.15) is 0 Å². The Balaban J connectivity index is 2.07. The maximum atomic E-state index is 12.1. The zero-order valence-electron chi connectivity index (χ0n) is 17.9. The number of halogens is 1. The molecule has 0 saturated heterocycles. The maximum Gasteiger partial charge on any atom is 0.344 e. The predicted molar refractivity (Wildman–Crippen MR) is 128 cm³/mol. The lowest BCUT2D eigenvalue weighted by Crippen LogP contribution is -2.19. The average Bonchev–Trinajstić information content (AvgIpc) is 2.69. The first kappa shape index (κ1) is 23.1. The van der Waals surface area contributed by atoms with Crippen LogP contribution in [0.25, 0.3) is 21.5 Å². The van der Waals surface area contributed by atoms with Crippen molar-refractivity contribution >= 4 is 56.1 Å². The molecule has 3 aromatic carbocycles. The Hall–Kier alpha value is -2.55. The van der Waals surface area contributed by atoms with Crippen LogP contribution in [0.4, 0.5) is 0 Å². The van der Waals surface area contributed by atoms with Crippen LogP contribution in [0, 0.1) is 3.57 Å². The van der Waals surface area contributed by atoms with Crippen LogP contribution in [0.2, 0.25) is 0 Å². The van der Waals surface area contributed by atoms with Crippen LogP contribution in [0.1, 0.15) is 27.7 Å². The van der Waals surface area contributed by atoms with E-state index in [-0.39, 0.29) is 25.4 Å². The number of benzene rings is 3. The Morgan fingerprint density at radius 3 is 1.68 bits per heavy atom. The van der Waals surface area contributed by atoms with E-state index in [2.05, 4.69) is 22.6 Å². The molecule has 0 heterocycles. The Kier molecular flexibility index (Phi) is 7.59. The monoisotopic (exact) mass is 536 g/mol. The average molecular weight is 536 g/mol. The SMILES string of the molecule is CC(C)OC(=O)COc1c2ccccc2c(OCC(=O)OC(C)C)c2cc(I)ccc12. The minimum absolute atomic E-state index is 0.204. The largest absolute Gasteiger partial charge is 0.481 e. The highest BCUT2D eigenvalue weighted by Gasteiger charge is 2.19. The summed E-state index contributed by atoms with van der Waals surface area (Å²) in [7, 11) is 0. The number of ether oxygens (including phenoxy) is 4. The van der Waals surface area contributed by atoms with Crippen LogP contribution < -0.4 is 9.47 Å². The van der Waals surface area contributed by atoms with Gasteiger partial charge >= 0.3 is 11.9 Å². The molecule has 164 valence electrons. The van der Waals surface area contributed by atoms with E-state index in [1.165, 1.54) is 0 Å². The summed E-state index contributed by atoms with van der Waals surface area (Å²) in [5, 5.41) is 3.13. The lowest BCUT2D eigenvalue weighted by atomic mass is 10.0. The zero-order chi connectivity index (χ0) is 22.5. The summed E-state index contributed by atoms with van der Waals surface area (Å²) in [5.41, 5.74) is 0. The van der Waals surface area contributed by atoms with Gasteiger partial charge in [-0.1, -0.05) is 24.3 Å². The molecule has 0 bridgehead atoms. The van der Waals surface area contributed by atoms with Crippen molar-refractivity contribution < 1.29 is 28.5 Å². The first-order valence-electron chi connectivity index (χ1n) is 10.0. The van der Waals surface area contributed by atoms with Crippen LogP contribution in [0.15, 0.2) is 42.5 Å². The highest BCUT2D eigenvalue weighted by atomic mass is 127. The van der Waals surface area contributed by atoms with Crippen LogP contribution >= 0.6 is 22.6 Å². The molecule has 3 aromatic rings. The van der Waals surface area contributed by atoms with Crippen molar-refractivity contribution in [3.05, 3.63) is 46.0 Å². The van der Waals surface area contributed by atoms with Crippen molar-refractivity contribution in [2.24, 2.45) is 0 Å². The van der Waals surface area contributed by atoms with Gasteiger partial charge in [0.1, 0.15) is 11.5 Å². The summed E-state index contributed by atoms with van der Waals surface area (Å²) in [6.45, 7) is 6.76. The summed E-state index contributed by atoms with van der Waals surface area (Å²) < 4.78 is 23.3. The van der Waals surface area contributed by atoms with E-state index in [1.54, 1.807) is 27.7 Å². The first-order valence-corrected chi connectivity index (χ1v) is 11.1. The fourth-order valence-corrected chi connectivity index (χ4v) is 3.73. The third-order valence-electron chi connectivity index (χ3n) is 4.29. The maximum absolute atomic E-state index is 12.1. The second kappa shape index (κ2) is 10.2. The molecule has 0 fully saturated rings. The summed E-state index contributed by atoms with van der Waals surface area (Å²) in [6, 6.07) is 13.4. The minimum atomic E-state index is -0.436. The number of hydrogen-bond donors (Lipinski definition) is 0. The molecule has 0 spiro atoms. The molecule has 31 heavy (non-hydrogen) atoms. The van der Waals surface area contributed by atoms with Gasteiger partial charge in [-0.25, -0.2) is 9.59 Å². The van der Waals surface area contributed by atoms with Gasteiger partial charge in [0.25, 0.3) is 0 Å². The molecule has 0 saturated carbocycles. The van der Waals surface area contributed by atoms with Gasteiger partial charge in [-0.05, 0) is 68.5 Å². The number of rotatable bonds is 8. The van der Waals surface area contributed by atoms with Crippen LogP contribution in [0.3, 0.4) is 0 Å². The smallest absolute Gasteiger partial charge is 0.344 e. The molecular formula is C24H25IO6. The molecule has 0 unspecified atom stereocenters.